The van der Waals surface area contributed by atoms with Gasteiger partial charge in [0, 0.05) is 43.6 Å². The molecular formula is C30H36FN3O2. The number of nitrogens with one attached hydrogen (secondary N) is 1. The fourth-order valence-corrected chi connectivity index (χ4v) is 4.35. The number of anilines is 2. The van der Waals surface area contributed by atoms with Gasteiger partial charge >= 0.3 is 0 Å². The summed E-state index contributed by atoms with van der Waals surface area (Å²) in [5.41, 5.74) is 3.75. The van der Waals surface area contributed by atoms with Crippen molar-refractivity contribution in [2.75, 3.05) is 24.3 Å². The third kappa shape index (κ3) is 6.51. The number of hydrogen-bond acceptors (Lipinski definition) is 3. The van der Waals surface area contributed by atoms with E-state index in [-0.39, 0.29) is 29.3 Å². The Morgan fingerprint density at radius 3 is 2.25 bits per heavy atom. The van der Waals surface area contributed by atoms with Gasteiger partial charge in [-0.1, -0.05) is 50.2 Å². The van der Waals surface area contributed by atoms with Crippen molar-refractivity contribution in [3.05, 3.63) is 95.3 Å². The van der Waals surface area contributed by atoms with Gasteiger partial charge in [-0.3, -0.25) is 9.59 Å². The Bertz CT molecular complexity index is 1180. The maximum atomic E-state index is 13.8. The summed E-state index contributed by atoms with van der Waals surface area (Å²) in [7, 11) is 3.91. The fourth-order valence-electron chi connectivity index (χ4n) is 4.35. The summed E-state index contributed by atoms with van der Waals surface area (Å²) in [5.74, 6) is -0.975. The smallest absolute Gasteiger partial charge is 0.255 e. The Morgan fingerprint density at radius 1 is 0.917 bits per heavy atom. The Balaban J connectivity index is 1.93. The molecule has 0 spiro atoms. The second-order valence-corrected chi connectivity index (χ2v) is 9.30. The molecule has 0 aliphatic rings. The van der Waals surface area contributed by atoms with Crippen LogP contribution in [0.15, 0.2) is 72.8 Å². The van der Waals surface area contributed by atoms with E-state index in [2.05, 4.69) is 19.2 Å². The van der Waals surface area contributed by atoms with E-state index in [9.17, 15) is 14.0 Å². The van der Waals surface area contributed by atoms with Crippen LogP contribution >= 0.6 is 0 Å². The summed E-state index contributed by atoms with van der Waals surface area (Å²) in [6.07, 6.45) is 1.53. The van der Waals surface area contributed by atoms with E-state index in [4.69, 9.17) is 0 Å². The standard InChI is InChI=1S/C30H36FN3O2/c1-6-21(3)34(30(36)27(7-2)22-12-9-8-10-13-22)20-24-19-26(16-17-28(24)33(4)5)32-29(35)23-14-11-15-25(31)18-23/h8-19,21,27H,6-7,20H2,1-5H3,(H,32,35)/t21-,27+/m0/s1. The highest BCUT2D eigenvalue weighted by Gasteiger charge is 2.28. The van der Waals surface area contributed by atoms with E-state index in [0.29, 0.717) is 18.7 Å². The molecular weight excluding hydrogens is 453 g/mol. The fraction of sp³-hybridized carbons (Fsp3) is 0.333. The predicted octanol–water partition coefficient (Wildman–Crippen LogP) is 6.46. The number of benzene rings is 3. The first-order chi connectivity index (χ1) is 17.2. The van der Waals surface area contributed by atoms with Crippen molar-refractivity contribution in [2.24, 2.45) is 0 Å². The average Bonchev–Trinajstić information content (AvgIpc) is 2.87. The van der Waals surface area contributed by atoms with Gasteiger partial charge in [0.1, 0.15) is 5.82 Å². The van der Waals surface area contributed by atoms with Crippen molar-refractivity contribution >= 4 is 23.2 Å². The number of hydrogen-bond donors (Lipinski definition) is 1. The number of rotatable bonds is 10. The SMILES string of the molecule is CC[C@@H](C(=O)N(Cc1cc(NC(=O)c2cccc(F)c2)ccc1N(C)C)[C@@H](C)CC)c1ccccc1. The second kappa shape index (κ2) is 12.3. The van der Waals surface area contributed by atoms with Gasteiger partial charge in [-0.2, -0.15) is 0 Å². The van der Waals surface area contributed by atoms with Crippen LogP contribution in [-0.2, 0) is 11.3 Å². The van der Waals surface area contributed by atoms with E-state index in [0.717, 1.165) is 23.2 Å². The van der Waals surface area contributed by atoms with Crippen LogP contribution in [0.25, 0.3) is 0 Å². The molecule has 36 heavy (non-hydrogen) atoms. The molecule has 190 valence electrons. The normalized spacial score (nSPS) is 12.5. The van der Waals surface area contributed by atoms with Gasteiger partial charge in [-0.15, -0.1) is 0 Å². The molecule has 0 aliphatic heterocycles. The summed E-state index contributed by atoms with van der Waals surface area (Å²) >= 11 is 0. The number of halogens is 1. The number of carbonyl (C=O) groups is 2. The van der Waals surface area contributed by atoms with Crippen LogP contribution in [0.1, 0.15) is 61.0 Å². The topological polar surface area (TPSA) is 52.7 Å². The lowest BCUT2D eigenvalue weighted by Crippen LogP contribution is -2.41. The van der Waals surface area contributed by atoms with Gasteiger partial charge in [-0.05, 0) is 67.3 Å². The molecule has 0 unspecified atom stereocenters. The lowest BCUT2D eigenvalue weighted by molar-refractivity contribution is -0.135. The first-order valence-corrected chi connectivity index (χ1v) is 12.5. The third-order valence-electron chi connectivity index (χ3n) is 6.56. The minimum Gasteiger partial charge on any atom is -0.377 e. The van der Waals surface area contributed by atoms with Crippen molar-refractivity contribution < 1.29 is 14.0 Å². The van der Waals surface area contributed by atoms with Gasteiger partial charge < -0.3 is 15.1 Å². The molecule has 0 aliphatic carbocycles. The van der Waals surface area contributed by atoms with E-state index in [1.54, 1.807) is 6.07 Å². The first-order valence-electron chi connectivity index (χ1n) is 12.5. The molecule has 6 heteroatoms. The molecule has 0 aromatic heterocycles. The van der Waals surface area contributed by atoms with Crippen LogP contribution in [0, 0.1) is 5.82 Å². The van der Waals surface area contributed by atoms with Crippen molar-refractivity contribution in [2.45, 2.75) is 52.1 Å². The van der Waals surface area contributed by atoms with Crippen LogP contribution in [0.4, 0.5) is 15.8 Å². The zero-order valence-electron chi connectivity index (χ0n) is 21.8. The molecule has 3 rings (SSSR count). The molecule has 3 aromatic carbocycles. The van der Waals surface area contributed by atoms with Crippen LogP contribution < -0.4 is 10.2 Å². The lowest BCUT2D eigenvalue weighted by atomic mass is 9.94. The zero-order valence-corrected chi connectivity index (χ0v) is 21.8. The quantitative estimate of drug-likeness (QED) is 0.355. The van der Waals surface area contributed by atoms with Crippen LogP contribution in [0.5, 0.6) is 0 Å². The van der Waals surface area contributed by atoms with Gasteiger partial charge in [0.15, 0.2) is 0 Å². The molecule has 0 bridgehead atoms. The van der Waals surface area contributed by atoms with Gasteiger partial charge in [0.25, 0.3) is 5.91 Å². The summed E-state index contributed by atoms with van der Waals surface area (Å²) in [6.45, 7) is 6.60. The second-order valence-electron chi connectivity index (χ2n) is 9.30. The Morgan fingerprint density at radius 2 is 1.64 bits per heavy atom. The first kappa shape index (κ1) is 26.9. The zero-order chi connectivity index (χ0) is 26.2. The molecule has 0 radical (unpaired) electrons. The molecule has 2 amide bonds. The van der Waals surface area contributed by atoms with Gasteiger partial charge in [-0.25, -0.2) is 4.39 Å². The van der Waals surface area contributed by atoms with E-state index in [1.807, 2.05) is 79.3 Å². The highest BCUT2D eigenvalue weighted by atomic mass is 19.1. The molecule has 0 fully saturated rings. The average molecular weight is 490 g/mol. The van der Waals surface area contributed by atoms with E-state index < -0.39 is 5.82 Å². The van der Waals surface area contributed by atoms with Crippen LogP contribution in [-0.4, -0.2) is 36.9 Å². The van der Waals surface area contributed by atoms with Crippen molar-refractivity contribution in [3.8, 4) is 0 Å². The van der Waals surface area contributed by atoms with Crippen molar-refractivity contribution in [1.82, 2.24) is 4.90 Å². The highest BCUT2D eigenvalue weighted by molar-refractivity contribution is 6.04. The molecule has 3 aromatic rings. The number of nitrogens with zero attached hydrogens (tertiary/aromatic N) is 2. The molecule has 0 saturated heterocycles. The molecule has 2 atom stereocenters. The maximum Gasteiger partial charge on any atom is 0.255 e. The van der Waals surface area contributed by atoms with Crippen molar-refractivity contribution in [1.29, 1.82) is 0 Å². The summed E-state index contributed by atoms with van der Waals surface area (Å²) in [4.78, 5) is 30.5. The molecule has 0 saturated carbocycles. The summed E-state index contributed by atoms with van der Waals surface area (Å²) < 4.78 is 13.6. The number of carbonyl (C=O) groups excluding carboxylic acids is 2. The minimum absolute atomic E-state index is 0.0378. The van der Waals surface area contributed by atoms with E-state index in [1.165, 1.54) is 18.2 Å². The van der Waals surface area contributed by atoms with Crippen molar-refractivity contribution in [3.63, 3.8) is 0 Å². The summed E-state index contributed by atoms with van der Waals surface area (Å²) in [5, 5.41) is 2.87. The van der Waals surface area contributed by atoms with Gasteiger partial charge in [0.05, 0.1) is 5.92 Å². The van der Waals surface area contributed by atoms with E-state index >= 15 is 0 Å². The Kier molecular flexibility index (Phi) is 9.23. The van der Waals surface area contributed by atoms with Crippen LogP contribution in [0.2, 0.25) is 0 Å². The molecule has 1 N–H and O–H groups in total. The highest BCUT2D eigenvalue weighted by Crippen LogP contribution is 2.29. The van der Waals surface area contributed by atoms with Gasteiger partial charge in [0.2, 0.25) is 5.91 Å². The molecule has 0 heterocycles. The minimum atomic E-state index is -0.460. The Labute approximate surface area is 213 Å². The van der Waals surface area contributed by atoms with Crippen LogP contribution in [0.3, 0.4) is 0 Å². The Hall–Kier alpha value is -3.67. The lowest BCUT2D eigenvalue weighted by Gasteiger charge is -2.33. The number of amides is 2. The molecule has 5 nitrogen and oxygen atoms in total. The predicted molar refractivity (Wildman–Crippen MR) is 145 cm³/mol. The largest absolute Gasteiger partial charge is 0.377 e. The maximum absolute atomic E-state index is 13.8. The third-order valence-corrected chi connectivity index (χ3v) is 6.56. The summed E-state index contributed by atoms with van der Waals surface area (Å²) in [6, 6.07) is 21.2. The monoisotopic (exact) mass is 489 g/mol.